The summed E-state index contributed by atoms with van der Waals surface area (Å²) >= 11 is 0. The Kier molecular flexibility index (Phi) is 4.40. The number of allylic oxidation sites excluding steroid dienone is 1. The van der Waals surface area contributed by atoms with E-state index in [4.69, 9.17) is 0 Å². The Bertz CT molecular complexity index is 552. The zero-order chi connectivity index (χ0) is 13.7. The number of benzene rings is 2. The maximum absolute atomic E-state index is 3.97. The van der Waals surface area contributed by atoms with Gasteiger partial charge >= 0.3 is 0 Å². The maximum Gasteiger partial charge on any atom is 0.00343 e. The predicted molar refractivity (Wildman–Crippen MR) is 83.1 cm³/mol. The normalized spacial score (nSPS) is 10.2. The van der Waals surface area contributed by atoms with Crippen molar-refractivity contribution in [3.63, 3.8) is 0 Å². The lowest BCUT2D eigenvalue weighted by Crippen LogP contribution is -2.04. The first kappa shape index (κ1) is 13.4. The van der Waals surface area contributed by atoms with Crippen molar-refractivity contribution in [1.29, 1.82) is 0 Å². The number of rotatable bonds is 5. The summed E-state index contributed by atoms with van der Waals surface area (Å²) in [5, 5.41) is 3.09. The fourth-order valence-electron chi connectivity index (χ4n) is 2.07. The second-order valence-electron chi connectivity index (χ2n) is 4.92. The molecule has 0 heterocycles. The summed E-state index contributed by atoms with van der Waals surface area (Å²) in [6, 6.07) is 17.4. The van der Waals surface area contributed by atoms with E-state index in [9.17, 15) is 0 Å². The first-order valence-electron chi connectivity index (χ1n) is 6.70. The smallest absolute Gasteiger partial charge is 0.00343 e. The van der Waals surface area contributed by atoms with E-state index in [2.05, 4.69) is 67.4 Å². The molecule has 2 aromatic rings. The number of hydrogen-bond acceptors (Lipinski definition) is 1. The fourth-order valence-corrected chi connectivity index (χ4v) is 2.07. The molecule has 0 unspecified atom stereocenters. The maximum atomic E-state index is 3.97. The van der Waals surface area contributed by atoms with Gasteiger partial charge in [0.05, 0.1) is 0 Å². The van der Waals surface area contributed by atoms with Gasteiger partial charge in [0.2, 0.25) is 0 Å². The van der Waals surface area contributed by atoms with Crippen LogP contribution in [0.5, 0.6) is 0 Å². The monoisotopic (exact) mass is 251 g/mol. The highest BCUT2D eigenvalue weighted by Gasteiger charge is 2.00. The summed E-state index contributed by atoms with van der Waals surface area (Å²) < 4.78 is 0. The third-order valence-corrected chi connectivity index (χ3v) is 3.38. The van der Waals surface area contributed by atoms with Crippen molar-refractivity contribution >= 4 is 0 Å². The summed E-state index contributed by atoms with van der Waals surface area (Å²) in [5.41, 5.74) is 6.30. The lowest BCUT2D eigenvalue weighted by molar-refractivity contribution is 0.842. The van der Waals surface area contributed by atoms with E-state index in [1.54, 1.807) is 0 Å². The number of aryl methyl sites for hydroxylation is 2. The summed E-state index contributed by atoms with van der Waals surface area (Å²) in [5.74, 6) is 0. The molecule has 1 heteroatoms. The Labute approximate surface area is 116 Å². The van der Waals surface area contributed by atoms with Crippen molar-refractivity contribution in [2.75, 3.05) is 7.05 Å². The molecule has 1 nitrogen and oxygen atoms in total. The van der Waals surface area contributed by atoms with Crippen molar-refractivity contribution in [2.24, 2.45) is 0 Å². The molecule has 1 N–H and O–H groups in total. The largest absolute Gasteiger partial charge is 0.392 e. The minimum absolute atomic E-state index is 0.980. The van der Waals surface area contributed by atoms with Gasteiger partial charge in [0.1, 0.15) is 0 Å². The molecule has 0 atom stereocenters. The van der Waals surface area contributed by atoms with Crippen LogP contribution in [0.3, 0.4) is 0 Å². The van der Waals surface area contributed by atoms with Crippen LogP contribution in [0, 0.1) is 6.92 Å². The highest BCUT2D eigenvalue weighted by Crippen LogP contribution is 2.21. The third kappa shape index (κ3) is 3.72. The van der Waals surface area contributed by atoms with Crippen molar-refractivity contribution < 1.29 is 0 Å². The number of hydrogen-bond donors (Lipinski definition) is 1. The SMILES string of the molecule is C=C(CCc1cccc(-c2ccc(C)cc2)c1)NC. The molecule has 0 spiro atoms. The molecule has 0 aliphatic carbocycles. The van der Waals surface area contributed by atoms with Gasteiger partial charge in [-0.1, -0.05) is 60.7 Å². The molecule has 0 aromatic heterocycles. The van der Waals surface area contributed by atoms with Crippen LogP contribution in [0.4, 0.5) is 0 Å². The van der Waals surface area contributed by atoms with Crippen LogP contribution in [-0.4, -0.2) is 7.05 Å². The van der Waals surface area contributed by atoms with Crippen molar-refractivity contribution in [3.05, 3.63) is 71.9 Å². The first-order chi connectivity index (χ1) is 9.19. The Morgan fingerprint density at radius 1 is 1.05 bits per heavy atom. The second-order valence-corrected chi connectivity index (χ2v) is 4.92. The Morgan fingerprint density at radius 3 is 2.47 bits per heavy atom. The molecule has 0 aliphatic heterocycles. The molecule has 0 amide bonds. The zero-order valence-corrected chi connectivity index (χ0v) is 11.7. The van der Waals surface area contributed by atoms with Crippen LogP contribution in [0.1, 0.15) is 17.5 Å². The summed E-state index contributed by atoms with van der Waals surface area (Å²) in [6.45, 7) is 6.08. The molecule has 0 radical (unpaired) electrons. The quantitative estimate of drug-likeness (QED) is 0.834. The second kappa shape index (κ2) is 6.24. The summed E-state index contributed by atoms with van der Waals surface area (Å²) in [7, 11) is 1.92. The van der Waals surface area contributed by atoms with E-state index in [1.165, 1.54) is 22.3 Å². The molecule has 98 valence electrons. The number of nitrogens with one attached hydrogen (secondary N) is 1. The molecular formula is C18H21N. The van der Waals surface area contributed by atoms with Gasteiger partial charge in [-0.3, -0.25) is 0 Å². The van der Waals surface area contributed by atoms with E-state index in [-0.39, 0.29) is 0 Å². The van der Waals surface area contributed by atoms with E-state index in [0.29, 0.717) is 0 Å². The van der Waals surface area contributed by atoms with Crippen molar-refractivity contribution in [1.82, 2.24) is 5.32 Å². The molecule has 0 saturated heterocycles. The minimum atomic E-state index is 0.980. The Hall–Kier alpha value is -2.02. The van der Waals surface area contributed by atoms with Gasteiger partial charge < -0.3 is 5.32 Å². The standard InChI is InChI=1S/C18H21N/c1-14-7-11-17(12-8-14)18-6-4-5-16(13-18)10-9-15(2)19-3/h4-8,11-13,19H,2,9-10H2,1,3H3. The molecule has 0 bridgehead atoms. The zero-order valence-electron chi connectivity index (χ0n) is 11.7. The average Bonchev–Trinajstić information content (AvgIpc) is 2.46. The highest BCUT2D eigenvalue weighted by atomic mass is 14.8. The lowest BCUT2D eigenvalue weighted by atomic mass is 10.00. The van der Waals surface area contributed by atoms with E-state index in [0.717, 1.165) is 18.5 Å². The third-order valence-electron chi connectivity index (χ3n) is 3.38. The first-order valence-corrected chi connectivity index (χ1v) is 6.70. The van der Waals surface area contributed by atoms with Gasteiger partial charge in [-0.05, 0) is 36.5 Å². The van der Waals surface area contributed by atoms with Gasteiger partial charge in [0.15, 0.2) is 0 Å². The van der Waals surface area contributed by atoms with Crippen LogP contribution >= 0.6 is 0 Å². The van der Waals surface area contributed by atoms with Crippen LogP contribution in [0.2, 0.25) is 0 Å². The molecule has 0 aliphatic rings. The average molecular weight is 251 g/mol. The van der Waals surface area contributed by atoms with E-state index < -0.39 is 0 Å². The van der Waals surface area contributed by atoms with Gasteiger partial charge in [-0.2, -0.15) is 0 Å². The summed E-state index contributed by atoms with van der Waals surface area (Å²) in [6.07, 6.45) is 2.01. The molecular weight excluding hydrogens is 230 g/mol. The molecule has 0 saturated carbocycles. The van der Waals surface area contributed by atoms with Crippen LogP contribution in [0.25, 0.3) is 11.1 Å². The Morgan fingerprint density at radius 2 is 1.79 bits per heavy atom. The van der Waals surface area contributed by atoms with Crippen molar-refractivity contribution in [3.8, 4) is 11.1 Å². The molecule has 0 fully saturated rings. The van der Waals surface area contributed by atoms with Crippen LogP contribution < -0.4 is 5.32 Å². The minimum Gasteiger partial charge on any atom is -0.392 e. The lowest BCUT2D eigenvalue weighted by Gasteiger charge is -2.07. The highest BCUT2D eigenvalue weighted by molar-refractivity contribution is 5.64. The van der Waals surface area contributed by atoms with Gasteiger partial charge in [0.25, 0.3) is 0 Å². The van der Waals surface area contributed by atoms with Crippen LogP contribution in [0.15, 0.2) is 60.8 Å². The van der Waals surface area contributed by atoms with Crippen molar-refractivity contribution in [2.45, 2.75) is 19.8 Å². The topological polar surface area (TPSA) is 12.0 Å². The van der Waals surface area contributed by atoms with Gasteiger partial charge in [0, 0.05) is 12.7 Å². The Balaban J connectivity index is 2.15. The molecule has 19 heavy (non-hydrogen) atoms. The predicted octanol–water partition coefficient (Wildman–Crippen LogP) is 4.33. The summed E-state index contributed by atoms with van der Waals surface area (Å²) in [4.78, 5) is 0. The van der Waals surface area contributed by atoms with Gasteiger partial charge in [-0.25, -0.2) is 0 Å². The van der Waals surface area contributed by atoms with E-state index >= 15 is 0 Å². The fraction of sp³-hybridized carbons (Fsp3) is 0.222. The van der Waals surface area contributed by atoms with Gasteiger partial charge in [-0.15, -0.1) is 0 Å². The van der Waals surface area contributed by atoms with E-state index in [1.807, 2.05) is 7.05 Å². The molecule has 2 aromatic carbocycles. The molecule has 2 rings (SSSR count). The van der Waals surface area contributed by atoms with Crippen LogP contribution in [-0.2, 0) is 6.42 Å².